The second-order valence-electron chi connectivity index (χ2n) is 10.2. The van der Waals surface area contributed by atoms with Crippen LogP contribution in [-0.4, -0.2) is 48.1 Å². The maximum Gasteiger partial charge on any atom is 0.407 e. The Morgan fingerprint density at radius 3 is 2.23 bits per heavy atom. The molecule has 0 spiro atoms. The van der Waals surface area contributed by atoms with E-state index < -0.39 is 0 Å². The summed E-state index contributed by atoms with van der Waals surface area (Å²) in [5.74, 6) is 1.09. The van der Waals surface area contributed by atoms with E-state index in [-0.39, 0.29) is 29.4 Å². The third kappa shape index (κ3) is 7.80. The molecular formula is C25H37ClN2O3. The number of piperidine rings is 1. The first-order chi connectivity index (χ1) is 14.7. The summed E-state index contributed by atoms with van der Waals surface area (Å²) in [7, 11) is 0. The Balaban J connectivity index is 1.32. The molecule has 6 heteroatoms. The molecule has 2 fully saturated rings. The molecule has 3 rings (SSSR count). The highest BCUT2D eigenvalue weighted by molar-refractivity contribution is 6.30. The average molecular weight is 449 g/mol. The van der Waals surface area contributed by atoms with Crippen LogP contribution in [0.5, 0.6) is 0 Å². The van der Waals surface area contributed by atoms with Crippen LogP contribution < -0.4 is 5.32 Å². The zero-order valence-electron chi connectivity index (χ0n) is 19.2. The molecule has 1 saturated heterocycles. The Kier molecular flexibility index (Phi) is 8.40. The van der Waals surface area contributed by atoms with Crippen molar-refractivity contribution in [1.82, 2.24) is 10.2 Å². The van der Waals surface area contributed by atoms with Crippen molar-refractivity contribution in [2.75, 3.05) is 19.6 Å². The van der Waals surface area contributed by atoms with Crippen molar-refractivity contribution in [2.45, 2.75) is 77.4 Å². The van der Waals surface area contributed by atoms with Crippen molar-refractivity contribution in [2.24, 2.45) is 11.8 Å². The van der Waals surface area contributed by atoms with E-state index in [0.29, 0.717) is 10.9 Å². The van der Waals surface area contributed by atoms with Crippen LogP contribution in [0.1, 0.15) is 76.1 Å². The third-order valence-electron chi connectivity index (χ3n) is 6.49. The molecule has 0 radical (unpaired) electrons. The predicted octanol–water partition coefficient (Wildman–Crippen LogP) is 5.71. The van der Waals surface area contributed by atoms with Crippen LogP contribution in [0.4, 0.5) is 4.79 Å². The standard InChI is InChI=1S/C25H37ClN2O3/c1-25(2,3)27-24(30)31-22-10-4-18(5-11-22)12-15-28-16-13-20(14-17-28)23(29)19-6-8-21(26)9-7-19/h6-9,18,20,22H,4-5,10-17H2,1-3H3,(H,27,30). The number of alkyl carbamates (subject to hydrolysis) is 1. The van der Waals surface area contributed by atoms with Crippen molar-refractivity contribution >= 4 is 23.5 Å². The summed E-state index contributed by atoms with van der Waals surface area (Å²) in [6.07, 6.45) is 6.98. The molecule has 0 unspecified atom stereocenters. The van der Waals surface area contributed by atoms with E-state index >= 15 is 0 Å². The molecule has 0 bridgehead atoms. The minimum absolute atomic E-state index is 0.0493. The summed E-state index contributed by atoms with van der Waals surface area (Å²) >= 11 is 5.93. The fourth-order valence-corrected chi connectivity index (χ4v) is 4.79. The van der Waals surface area contributed by atoms with Gasteiger partial charge in [0.25, 0.3) is 0 Å². The van der Waals surface area contributed by atoms with Crippen molar-refractivity contribution in [3.05, 3.63) is 34.9 Å². The quantitative estimate of drug-likeness (QED) is 0.566. The summed E-state index contributed by atoms with van der Waals surface area (Å²) in [5, 5.41) is 3.54. The fourth-order valence-electron chi connectivity index (χ4n) is 4.66. The monoisotopic (exact) mass is 448 g/mol. The molecule has 1 saturated carbocycles. The van der Waals surface area contributed by atoms with Crippen LogP contribution >= 0.6 is 11.6 Å². The van der Waals surface area contributed by atoms with Gasteiger partial charge in [-0.1, -0.05) is 11.6 Å². The fraction of sp³-hybridized carbons (Fsp3) is 0.680. The van der Waals surface area contributed by atoms with Gasteiger partial charge in [0.2, 0.25) is 0 Å². The number of likely N-dealkylation sites (tertiary alicyclic amines) is 1. The topological polar surface area (TPSA) is 58.6 Å². The lowest BCUT2D eigenvalue weighted by molar-refractivity contribution is 0.0565. The number of hydrogen-bond acceptors (Lipinski definition) is 4. The van der Waals surface area contributed by atoms with Crippen LogP contribution in [0.3, 0.4) is 0 Å². The van der Waals surface area contributed by atoms with Crippen LogP contribution in [0.15, 0.2) is 24.3 Å². The van der Waals surface area contributed by atoms with Gasteiger partial charge >= 0.3 is 6.09 Å². The largest absolute Gasteiger partial charge is 0.446 e. The number of amides is 1. The lowest BCUT2D eigenvalue weighted by Gasteiger charge is -2.34. The Labute approximate surface area is 191 Å². The van der Waals surface area contributed by atoms with E-state index in [0.717, 1.165) is 63.7 Å². The molecule has 172 valence electrons. The van der Waals surface area contributed by atoms with Crippen LogP contribution in [0.2, 0.25) is 5.02 Å². The van der Waals surface area contributed by atoms with Gasteiger partial charge in [0.05, 0.1) is 0 Å². The van der Waals surface area contributed by atoms with Gasteiger partial charge in [-0.05, 0) is 116 Å². The first-order valence-corrected chi connectivity index (χ1v) is 12.1. The molecule has 1 heterocycles. The van der Waals surface area contributed by atoms with Crippen molar-refractivity contribution in [1.29, 1.82) is 0 Å². The van der Waals surface area contributed by atoms with Crippen LogP contribution in [0.25, 0.3) is 0 Å². The zero-order chi connectivity index (χ0) is 22.4. The maximum atomic E-state index is 12.7. The van der Waals surface area contributed by atoms with Gasteiger partial charge in [-0.25, -0.2) is 4.79 Å². The maximum absolute atomic E-state index is 12.7. The molecule has 5 nitrogen and oxygen atoms in total. The summed E-state index contributed by atoms with van der Waals surface area (Å²) in [5.41, 5.74) is 0.513. The number of carbonyl (C=O) groups is 2. The van der Waals surface area contributed by atoms with Gasteiger partial charge in [0.15, 0.2) is 5.78 Å². The highest BCUT2D eigenvalue weighted by atomic mass is 35.5. The first kappa shape index (κ1) is 24.1. The number of benzene rings is 1. The normalized spacial score (nSPS) is 23.4. The van der Waals surface area contributed by atoms with Gasteiger partial charge in [-0.15, -0.1) is 0 Å². The molecule has 1 aromatic carbocycles. The van der Waals surface area contributed by atoms with E-state index in [1.165, 1.54) is 6.42 Å². The number of rotatable bonds is 6. The Bertz CT molecular complexity index is 728. The molecule has 1 aromatic rings. The Morgan fingerprint density at radius 1 is 1.03 bits per heavy atom. The molecule has 1 aliphatic heterocycles. The lowest BCUT2D eigenvalue weighted by atomic mass is 9.84. The predicted molar refractivity (Wildman–Crippen MR) is 125 cm³/mol. The molecule has 0 atom stereocenters. The lowest BCUT2D eigenvalue weighted by Crippen LogP contribution is -2.42. The Hall–Kier alpha value is -1.59. The van der Waals surface area contributed by atoms with Crippen LogP contribution in [0, 0.1) is 11.8 Å². The number of ketones is 1. The summed E-state index contributed by atoms with van der Waals surface area (Å²) in [4.78, 5) is 27.2. The SMILES string of the molecule is CC(C)(C)NC(=O)OC1CCC(CCN2CCC(C(=O)c3ccc(Cl)cc3)CC2)CC1. The van der Waals surface area contributed by atoms with Crippen molar-refractivity contribution in [3.8, 4) is 0 Å². The average Bonchev–Trinajstić information content (AvgIpc) is 2.72. The summed E-state index contributed by atoms with van der Waals surface area (Å²) < 4.78 is 5.59. The zero-order valence-corrected chi connectivity index (χ0v) is 19.9. The first-order valence-electron chi connectivity index (χ1n) is 11.7. The Morgan fingerprint density at radius 2 is 1.65 bits per heavy atom. The number of halogens is 1. The van der Waals surface area contributed by atoms with E-state index in [4.69, 9.17) is 16.3 Å². The molecule has 1 amide bonds. The number of nitrogens with zero attached hydrogens (tertiary/aromatic N) is 1. The second-order valence-corrected chi connectivity index (χ2v) is 10.6. The molecule has 1 aliphatic carbocycles. The highest BCUT2D eigenvalue weighted by Gasteiger charge is 2.28. The van der Waals surface area contributed by atoms with Crippen LogP contribution in [-0.2, 0) is 4.74 Å². The molecule has 2 aliphatic rings. The molecule has 0 aromatic heterocycles. The van der Waals surface area contributed by atoms with Gasteiger partial charge < -0.3 is 15.0 Å². The van der Waals surface area contributed by atoms with Gasteiger partial charge in [0, 0.05) is 22.0 Å². The number of hydrogen-bond donors (Lipinski definition) is 1. The minimum atomic E-state index is -0.299. The van der Waals surface area contributed by atoms with Gasteiger partial charge in [-0.3, -0.25) is 4.79 Å². The number of ether oxygens (including phenoxy) is 1. The van der Waals surface area contributed by atoms with E-state index in [9.17, 15) is 9.59 Å². The number of carbonyl (C=O) groups excluding carboxylic acids is 2. The third-order valence-corrected chi connectivity index (χ3v) is 6.74. The molecule has 31 heavy (non-hydrogen) atoms. The minimum Gasteiger partial charge on any atom is -0.446 e. The van der Waals surface area contributed by atoms with Crippen molar-refractivity contribution in [3.63, 3.8) is 0 Å². The van der Waals surface area contributed by atoms with Gasteiger partial charge in [0.1, 0.15) is 6.10 Å². The second kappa shape index (κ2) is 10.8. The van der Waals surface area contributed by atoms with E-state index in [1.54, 1.807) is 12.1 Å². The summed E-state index contributed by atoms with van der Waals surface area (Å²) in [6, 6.07) is 7.26. The van der Waals surface area contributed by atoms with E-state index in [2.05, 4.69) is 10.2 Å². The number of Topliss-reactive ketones (excluding diaryl/α,β-unsaturated/α-hetero) is 1. The molecular weight excluding hydrogens is 412 g/mol. The van der Waals surface area contributed by atoms with Crippen molar-refractivity contribution < 1.29 is 14.3 Å². The highest BCUT2D eigenvalue weighted by Crippen LogP contribution is 2.30. The van der Waals surface area contributed by atoms with E-state index in [1.807, 2.05) is 32.9 Å². The number of nitrogens with one attached hydrogen (secondary N) is 1. The van der Waals surface area contributed by atoms with Gasteiger partial charge in [-0.2, -0.15) is 0 Å². The smallest absolute Gasteiger partial charge is 0.407 e. The molecule has 1 N–H and O–H groups in total. The summed E-state index contributed by atoms with van der Waals surface area (Å²) in [6.45, 7) is 8.97.